The van der Waals surface area contributed by atoms with Gasteiger partial charge < -0.3 is 14.8 Å². The lowest BCUT2D eigenvalue weighted by Crippen LogP contribution is -2.42. The number of fused-ring (bicyclic) bond motifs is 2. The van der Waals surface area contributed by atoms with Crippen LogP contribution in [0.1, 0.15) is 44.1 Å². The van der Waals surface area contributed by atoms with Gasteiger partial charge in [0.25, 0.3) is 0 Å². The zero-order valence-corrected chi connectivity index (χ0v) is 18.0. The van der Waals surface area contributed by atoms with Crippen molar-refractivity contribution in [3.63, 3.8) is 0 Å². The molecule has 32 heavy (non-hydrogen) atoms. The number of benzene rings is 2. The summed E-state index contributed by atoms with van der Waals surface area (Å²) in [5.41, 5.74) is 1.76. The van der Waals surface area contributed by atoms with E-state index in [1.165, 1.54) is 18.2 Å². The Kier molecular flexibility index (Phi) is 5.55. The SMILES string of the molecule is O=C(CCn1ncc(=O)c2ccccc21)NCC1(c2ccc3c(c2)OCO3)CCCCC1. The lowest BCUT2D eigenvalue weighted by atomic mass is 9.69. The second kappa shape index (κ2) is 8.65. The molecule has 2 heterocycles. The van der Waals surface area contributed by atoms with E-state index in [-0.39, 0.29) is 23.5 Å². The van der Waals surface area contributed by atoms with E-state index < -0.39 is 0 Å². The number of aromatic nitrogens is 2. The average molecular weight is 434 g/mol. The Morgan fingerprint density at radius 1 is 1.06 bits per heavy atom. The normalized spacial score (nSPS) is 16.8. The first-order valence-corrected chi connectivity index (χ1v) is 11.3. The molecule has 0 atom stereocenters. The molecule has 0 radical (unpaired) electrons. The molecule has 1 amide bonds. The Morgan fingerprint density at radius 2 is 1.88 bits per heavy atom. The molecule has 1 saturated carbocycles. The number of carbonyl (C=O) groups excluding carboxylic acids is 1. The van der Waals surface area contributed by atoms with Gasteiger partial charge in [0.05, 0.1) is 18.3 Å². The summed E-state index contributed by atoms with van der Waals surface area (Å²) in [7, 11) is 0. The van der Waals surface area contributed by atoms with Crippen LogP contribution in [0.15, 0.2) is 53.5 Å². The minimum absolute atomic E-state index is 0.0136. The molecule has 0 bridgehead atoms. The number of rotatable bonds is 6. The van der Waals surface area contributed by atoms with Gasteiger partial charge in [-0.3, -0.25) is 14.3 Å². The van der Waals surface area contributed by atoms with E-state index >= 15 is 0 Å². The van der Waals surface area contributed by atoms with Gasteiger partial charge in [0, 0.05) is 23.8 Å². The van der Waals surface area contributed by atoms with Crippen molar-refractivity contribution in [2.45, 2.75) is 50.5 Å². The molecule has 0 unspecified atom stereocenters. The Bertz CT molecular complexity index is 1200. The van der Waals surface area contributed by atoms with Gasteiger partial charge >= 0.3 is 0 Å². The van der Waals surface area contributed by atoms with Crippen molar-refractivity contribution >= 4 is 16.8 Å². The summed E-state index contributed by atoms with van der Waals surface area (Å²) in [5.74, 6) is 1.56. The smallest absolute Gasteiger partial charge is 0.231 e. The minimum atomic E-state index is -0.107. The molecule has 2 aromatic carbocycles. The summed E-state index contributed by atoms with van der Waals surface area (Å²) in [4.78, 5) is 24.8. The molecule has 166 valence electrons. The Labute approximate surface area is 186 Å². The zero-order valence-electron chi connectivity index (χ0n) is 18.0. The van der Waals surface area contributed by atoms with Gasteiger partial charge in [0.2, 0.25) is 18.1 Å². The summed E-state index contributed by atoms with van der Waals surface area (Å²) >= 11 is 0. The van der Waals surface area contributed by atoms with Gasteiger partial charge in [-0.2, -0.15) is 5.10 Å². The summed E-state index contributed by atoms with van der Waals surface area (Å²) in [6.07, 6.45) is 7.23. The third-order valence-electron chi connectivity index (χ3n) is 6.73. The highest BCUT2D eigenvalue weighted by Gasteiger charge is 2.35. The molecule has 1 aliphatic heterocycles. The molecular formula is C25H27N3O4. The number of hydrogen-bond donors (Lipinski definition) is 1. The minimum Gasteiger partial charge on any atom is -0.454 e. The number of nitrogens with zero attached hydrogens (tertiary/aromatic N) is 2. The first kappa shape index (κ1) is 20.5. The first-order valence-electron chi connectivity index (χ1n) is 11.3. The van der Waals surface area contributed by atoms with Crippen molar-refractivity contribution < 1.29 is 14.3 Å². The molecule has 7 heteroatoms. The molecule has 0 spiro atoms. The van der Waals surface area contributed by atoms with Gasteiger partial charge in [0.15, 0.2) is 11.5 Å². The van der Waals surface area contributed by atoms with Crippen molar-refractivity contribution in [2.24, 2.45) is 0 Å². The standard InChI is InChI=1S/C25H27N3O4/c29-21-15-27-28(20-7-3-2-6-19(20)21)13-10-24(30)26-16-25(11-4-1-5-12-25)18-8-9-22-23(14-18)32-17-31-22/h2-3,6-9,14-15H,1,4-5,10-13,16-17H2,(H,26,30). The number of carbonyl (C=O) groups is 1. The van der Waals surface area contributed by atoms with Crippen molar-refractivity contribution in [1.82, 2.24) is 15.1 Å². The van der Waals surface area contributed by atoms with Crippen LogP contribution in [0.5, 0.6) is 11.5 Å². The maximum absolute atomic E-state index is 12.8. The van der Waals surface area contributed by atoms with Crippen LogP contribution in [0, 0.1) is 0 Å². The molecule has 1 fully saturated rings. The lowest BCUT2D eigenvalue weighted by Gasteiger charge is -2.38. The zero-order chi connectivity index (χ0) is 22.0. The van der Waals surface area contributed by atoms with Crippen LogP contribution in [-0.4, -0.2) is 29.0 Å². The summed E-state index contributed by atoms with van der Waals surface area (Å²) < 4.78 is 12.8. The summed E-state index contributed by atoms with van der Waals surface area (Å²) in [6, 6.07) is 13.5. The van der Waals surface area contributed by atoms with Crippen LogP contribution in [-0.2, 0) is 16.8 Å². The van der Waals surface area contributed by atoms with Crippen LogP contribution in [0.2, 0.25) is 0 Å². The van der Waals surface area contributed by atoms with E-state index in [0.717, 1.165) is 42.7 Å². The highest BCUT2D eigenvalue weighted by atomic mass is 16.7. The fraction of sp³-hybridized carbons (Fsp3) is 0.400. The van der Waals surface area contributed by atoms with Gasteiger partial charge in [-0.25, -0.2) is 0 Å². The van der Waals surface area contributed by atoms with E-state index in [1.807, 2.05) is 24.3 Å². The monoisotopic (exact) mass is 433 g/mol. The molecule has 0 saturated heterocycles. The summed E-state index contributed by atoms with van der Waals surface area (Å²) in [6.45, 7) is 1.28. The maximum atomic E-state index is 12.8. The Balaban J connectivity index is 1.28. The van der Waals surface area contributed by atoms with E-state index in [9.17, 15) is 9.59 Å². The molecule has 5 rings (SSSR count). The summed E-state index contributed by atoms with van der Waals surface area (Å²) in [5, 5.41) is 8.01. The van der Waals surface area contributed by atoms with E-state index in [0.29, 0.717) is 24.9 Å². The molecule has 3 aromatic rings. The fourth-order valence-corrected chi connectivity index (χ4v) is 4.93. The number of para-hydroxylation sites is 1. The highest BCUT2D eigenvalue weighted by molar-refractivity contribution is 5.79. The van der Waals surface area contributed by atoms with Crippen molar-refractivity contribution in [2.75, 3.05) is 13.3 Å². The lowest BCUT2D eigenvalue weighted by molar-refractivity contribution is -0.121. The molecule has 1 N–H and O–H groups in total. The molecular weight excluding hydrogens is 406 g/mol. The van der Waals surface area contributed by atoms with Crippen LogP contribution in [0.4, 0.5) is 0 Å². The molecule has 7 nitrogen and oxygen atoms in total. The topological polar surface area (TPSA) is 82.5 Å². The average Bonchev–Trinajstić information content (AvgIpc) is 3.31. The predicted octanol–water partition coefficient (Wildman–Crippen LogP) is 3.53. The number of ether oxygens (including phenoxy) is 2. The molecule has 2 aliphatic rings. The van der Waals surface area contributed by atoms with Gasteiger partial charge in [-0.1, -0.05) is 37.5 Å². The van der Waals surface area contributed by atoms with E-state index in [4.69, 9.17) is 9.47 Å². The first-order chi connectivity index (χ1) is 15.6. The molecule has 1 aromatic heterocycles. The van der Waals surface area contributed by atoms with Crippen LogP contribution >= 0.6 is 0 Å². The quantitative estimate of drug-likeness (QED) is 0.643. The third kappa shape index (κ3) is 3.95. The Morgan fingerprint density at radius 3 is 2.75 bits per heavy atom. The number of aryl methyl sites for hydroxylation is 1. The largest absolute Gasteiger partial charge is 0.454 e. The second-order valence-corrected chi connectivity index (χ2v) is 8.68. The Hall–Kier alpha value is -3.35. The van der Waals surface area contributed by atoms with Crippen molar-refractivity contribution in [3.8, 4) is 11.5 Å². The third-order valence-corrected chi connectivity index (χ3v) is 6.73. The fourth-order valence-electron chi connectivity index (χ4n) is 4.93. The van der Waals surface area contributed by atoms with Gasteiger partial charge in [0.1, 0.15) is 0 Å². The highest BCUT2D eigenvalue weighted by Crippen LogP contribution is 2.43. The number of nitrogens with one attached hydrogen (secondary N) is 1. The van der Waals surface area contributed by atoms with Gasteiger partial charge in [-0.05, 0) is 42.7 Å². The van der Waals surface area contributed by atoms with E-state index in [1.54, 1.807) is 10.7 Å². The number of hydrogen-bond acceptors (Lipinski definition) is 5. The van der Waals surface area contributed by atoms with Crippen LogP contribution < -0.4 is 20.2 Å². The van der Waals surface area contributed by atoms with Crippen molar-refractivity contribution in [3.05, 3.63) is 64.4 Å². The maximum Gasteiger partial charge on any atom is 0.231 e. The molecule has 1 aliphatic carbocycles. The predicted molar refractivity (Wildman–Crippen MR) is 121 cm³/mol. The van der Waals surface area contributed by atoms with Crippen LogP contribution in [0.3, 0.4) is 0 Å². The van der Waals surface area contributed by atoms with Gasteiger partial charge in [-0.15, -0.1) is 0 Å². The van der Waals surface area contributed by atoms with Crippen LogP contribution in [0.25, 0.3) is 10.9 Å². The second-order valence-electron chi connectivity index (χ2n) is 8.68. The van der Waals surface area contributed by atoms with Crippen molar-refractivity contribution in [1.29, 1.82) is 0 Å². The number of amides is 1. The van der Waals surface area contributed by atoms with E-state index in [2.05, 4.69) is 22.5 Å².